The zero-order chi connectivity index (χ0) is 12.9. The first-order valence-electron chi connectivity index (χ1n) is 5.98. The lowest BCUT2D eigenvalue weighted by Crippen LogP contribution is -2.20. The average molecular weight is 234 g/mol. The maximum absolute atomic E-state index is 10.9. The molecule has 0 aliphatic rings. The van der Waals surface area contributed by atoms with Gasteiger partial charge in [0.2, 0.25) is 5.91 Å². The van der Waals surface area contributed by atoms with Crippen molar-refractivity contribution in [2.75, 3.05) is 6.54 Å². The zero-order valence-electron chi connectivity index (χ0n) is 10.9. The maximum atomic E-state index is 10.9. The predicted molar refractivity (Wildman–Crippen MR) is 70.7 cm³/mol. The summed E-state index contributed by atoms with van der Waals surface area (Å²) in [6.45, 7) is 8.53. The first-order chi connectivity index (χ1) is 7.88. The molecule has 0 atom stereocenters. The molecule has 1 aromatic rings. The van der Waals surface area contributed by atoms with Crippen molar-refractivity contribution in [3.05, 3.63) is 35.4 Å². The topological polar surface area (TPSA) is 55.1 Å². The van der Waals surface area contributed by atoms with Crippen LogP contribution in [0.1, 0.15) is 43.1 Å². The summed E-state index contributed by atoms with van der Waals surface area (Å²) in [5.41, 5.74) is 7.27. The Hall–Kier alpha value is -1.35. The fourth-order valence-corrected chi connectivity index (χ4v) is 1.48. The number of amides is 1. The monoisotopic (exact) mass is 234 g/mol. The van der Waals surface area contributed by atoms with Crippen LogP contribution in [0.4, 0.5) is 0 Å². The van der Waals surface area contributed by atoms with Crippen molar-refractivity contribution < 1.29 is 4.79 Å². The number of nitrogens with two attached hydrogens (primary N) is 1. The van der Waals surface area contributed by atoms with E-state index in [1.807, 2.05) is 12.1 Å². The van der Waals surface area contributed by atoms with Crippen molar-refractivity contribution in [2.45, 2.75) is 33.7 Å². The molecule has 0 saturated heterocycles. The van der Waals surface area contributed by atoms with E-state index < -0.39 is 0 Å². The third-order valence-electron chi connectivity index (χ3n) is 2.62. The molecule has 0 fully saturated rings. The van der Waals surface area contributed by atoms with E-state index in [1.54, 1.807) is 12.1 Å². The van der Waals surface area contributed by atoms with Gasteiger partial charge in [0.25, 0.3) is 0 Å². The number of hydrogen-bond donors (Lipinski definition) is 2. The first-order valence-corrected chi connectivity index (χ1v) is 5.98. The lowest BCUT2D eigenvalue weighted by Gasteiger charge is -2.18. The summed E-state index contributed by atoms with van der Waals surface area (Å²) in [7, 11) is 0. The third-order valence-corrected chi connectivity index (χ3v) is 2.62. The molecule has 3 N–H and O–H groups in total. The molecule has 94 valence electrons. The second-order valence-electron chi connectivity index (χ2n) is 5.55. The minimum atomic E-state index is -0.378. The summed E-state index contributed by atoms with van der Waals surface area (Å²) in [5.74, 6) is -0.378. The van der Waals surface area contributed by atoms with E-state index >= 15 is 0 Å². The summed E-state index contributed by atoms with van der Waals surface area (Å²) in [6.07, 6.45) is 1.15. The van der Waals surface area contributed by atoms with E-state index in [-0.39, 0.29) is 5.91 Å². The van der Waals surface area contributed by atoms with E-state index in [1.165, 1.54) is 5.56 Å². The van der Waals surface area contributed by atoms with Gasteiger partial charge in [-0.25, -0.2) is 0 Å². The zero-order valence-corrected chi connectivity index (χ0v) is 10.9. The lowest BCUT2D eigenvalue weighted by atomic mass is 9.92. The van der Waals surface area contributed by atoms with Crippen LogP contribution in [-0.2, 0) is 6.54 Å². The van der Waals surface area contributed by atoms with Gasteiger partial charge >= 0.3 is 0 Å². The molecule has 0 heterocycles. The van der Waals surface area contributed by atoms with Gasteiger partial charge in [-0.2, -0.15) is 0 Å². The Morgan fingerprint density at radius 3 is 2.29 bits per heavy atom. The maximum Gasteiger partial charge on any atom is 0.248 e. The molecule has 0 saturated carbocycles. The number of carbonyl (C=O) groups excluding carboxylic acids is 1. The molecule has 1 rings (SSSR count). The highest BCUT2D eigenvalue weighted by atomic mass is 16.1. The Kier molecular flexibility index (Phi) is 4.70. The van der Waals surface area contributed by atoms with Crippen molar-refractivity contribution in [3.8, 4) is 0 Å². The van der Waals surface area contributed by atoms with Crippen molar-refractivity contribution in [1.82, 2.24) is 5.32 Å². The summed E-state index contributed by atoms with van der Waals surface area (Å²) in [4.78, 5) is 10.9. The smallest absolute Gasteiger partial charge is 0.248 e. The van der Waals surface area contributed by atoms with Crippen LogP contribution < -0.4 is 11.1 Å². The summed E-state index contributed by atoms with van der Waals surface area (Å²) in [5, 5.41) is 3.39. The van der Waals surface area contributed by atoms with Gasteiger partial charge in [-0.15, -0.1) is 0 Å². The third kappa shape index (κ3) is 5.50. The normalized spacial score (nSPS) is 11.5. The van der Waals surface area contributed by atoms with E-state index in [0.29, 0.717) is 11.0 Å². The second-order valence-corrected chi connectivity index (χ2v) is 5.55. The number of rotatable bonds is 5. The molecule has 17 heavy (non-hydrogen) atoms. The van der Waals surface area contributed by atoms with Gasteiger partial charge in [0, 0.05) is 12.1 Å². The number of benzene rings is 1. The molecule has 1 aromatic carbocycles. The standard InChI is InChI=1S/C14H22N2O/c1-14(2,3)8-9-16-10-11-4-6-12(7-5-11)13(15)17/h4-7,16H,8-10H2,1-3H3,(H2,15,17). The highest BCUT2D eigenvalue weighted by Crippen LogP contribution is 2.17. The van der Waals surface area contributed by atoms with Crippen molar-refractivity contribution in [3.63, 3.8) is 0 Å². The van der Waals surface area contributed by atoms with E-state index in [9.17, 15) is 4.79 Å². The molecule has 0 spiro atoms. The van der Waals surface area contributed by atoms with Gasteiger partial charge in [-0.05, 0) is 36.1 Å². The number of hydrogen-bond acceptors (Lipinski definition) is 2. The van der Waals surface area contributed by atoms with Gasteiger partial charge in [-0.1, -0.05) is 32.9 Å². The van der Waals surface area contributed by atoms with Crippen LogP contribution in [0, 0.1) is 5.41 Å². The van der Waals surface area contributed by atoms with Crippen LogP contribution in [0.3, 0.4) is 0 Å². The molecular formula is C14H22N2O. The molecule has 0 aliphatic heterocycles. The Bertz CT molecular complexity index is 363. The molecule has 0 unspecified atom stereocenters. The quantitative estimate of drug-likeness (QED) is 0.768. The van der Waals surface area contributed by atoms with Crippen LogP contribution in [-0.4, -0.2) is 12.5 Å². The van der Waals surface area contributed by atoms with Gasteiger partial charge in [0.1, 0.15) is 0 Å². The van der Waals surface area contributed by atoms with Crippen LogP contribution >= 0.6 is 0 Å². The summed E-state index contributed by atoms with van der Waals surface area (Å²) < 4.78 is 0. The van der Waals surface area contributed by atoms with Crippen LogP contribution in [0.15, 0.2) is 24.3 Å². The van der Waals surface area contributed by atoms with Crippen molar-refractivity contribution in [2.24, 2.45) is 11.1 Å². The van der Waals surface area contributed by atoms with E-state index in [4.69, 9.17) is 5.73 Å². The van der Waals surface area contributed by atoms with Gasteiger partial charge < -0.3 is 11.1 Å². The molecule has 0 aromatic heterocycles. The van der Waals surface area contributed by atoms with Crippen LogP contribution in [0.5, 0.6) is 0 Å². The van der Waals surface area contributed by atoms with Crippen LogP contribution in [0.25, 0.3) is 0 Å². The fourth-order valence-electron chi connectivity index (χ4n) is 1.48. The van der Waals surface area contributed by atoms with Gasteiger partial charge in [0.05, 0.1) is 0 Å². The van der Waals surface area contributed by atoms with E-state index in [0.717, 1.165) is 19.5 Å². The van der Waals surface area contributed by atoms with Gasteiger partial charge in [-0.3, -0.25) is 4.79 Å². The molecule has 3 heteroatoms. The fraction of sp³-hybridized carbons (Fsp3) is 0.500. The largest absolute Gasteiger partial charge is 0.366 e. The van der Waals surface area contributed by atoms with Crippen molar-refractivity contribution in [1.29, 1.82) is 0 Å². The highest BCUT2D eigenvalue weighted by molar-refractivity contribution is 5.92. The van der Waals surface area contributed by atoms with Crippen molar-refractivity contribution >= 4 is 5.91 Å². The molecule has 3 nitrogen and oxygen atoms in total. The number of nitrogens with one attached hydrogen (secondary N) is 1. The number of carbonyl (C=O) groups is 1. The predicted octanol–water partition coefficient (Wildman–Crippen LogP) is 2.31. The molecule has 1 amide bonds. The van der Waals surface area contributed by atoms with Crippen LogP contribution in [0.2, 0.25) is 0 Å². The minimum absolute atomic E-state index is 0.364. The summed E-state index contributed by atoms with van der Waals surface area (Å²) in [6, 6.07) is 7.40. The Labute approximate surface area is 103 Å². The molecule has 0 bridgehead atoms. The Morgan fingerprint density at radius 2 is 1.82 bits per heavy atom. The SMILES string of the molecule is CC(C)(C)CCNCc1ccc(C(N)=O)cc1. The number of primary amides is 1. The first kappa shape index (κ1) is 13.7. The molecule has 0 radical (unpaired) electrons. The van der Waals surface area contributed by atoms with E-state index in [2.05, 4.69) is 26.1 Å². The average Bonchev–Trinajstić information content (AvgIpc) is 2.24. The Balaban J connectivity index is 2.35. The summed E-state index contributed by atoms with van der Waals surface area (Å²) >= 11 is 0. The Morgan fingerprint density at radius 1 is 1.24 bits per heavy atom. The molecular weight excluding hydrogens is 212 g/mol. The molecule has 0 aliphatic carbocycles. The van der Waals surface area contributed by atoms with Gasteiger partial charge in [0.15, 0.2) is 0 Å². The second kappa shape index (κ2) is 5.82. The highest BCUT2D eigenvalue weighted by Gasteiger charge is 2.08. The lowest BCUT2D eigenvalue weighted by molar-refractivity contribution is 0.100. The minimum Gasteiger partial charge on any atom is -0.366 e.